The average molecular weight is 368 g/mol. The smallest absolute Gasteiger partial charge is 0.306 e. The van der Waals surface area contributed by atoms with Gasteiger partial charge in [-0.2, -0.15) is 0 Å². The molecule has 0 saturated carbocycles. The van der Waals surface area contributed by atoms with Crippen LogP contribution in [-0.4, -0.2) is 31.1 Å². The Morgan fingerprint density at radius 1 is 1.30 bits per heavy atom. The maximum atomic E-state index is 14.4. The summed E-state index contributed by atoms with van der Waals surface area (Å²) in [6.07, 6.45) is 3.61. The number of aromatic nitrogens is 1. The molecule has 0 radical (unpaired) electrons. The van der Waals surface area contributed by atoms with Crippen molar-refractivity contribution in [2.24, 2.45) is 0 Å². The molecule has 1 aliphatic heterocycles. The Morgan fingerprint density at radius 2 is 2.11 bits per heavy atom. The molecule has 0 unspecified atom stereocenters. The molecule has 1 amide bonds. The Bertz CT molecular complexity index is 995. The first kappa shape index (κ1) is 18.3. The van der Waals surface area contributed by atoms with Crippen LogP contribution in [0.1, 0.15) is 29.7 Å². The predicted octanol–water partition coefficient (Wildman–Crippen LogP) is 2.96. The number of H-pyrrole nitrogens is 1. The number of methoxy groups -OCH3 is 2. The maximum Gasteiger partial charge on any atom is 0.306 e. The van der Waals surface area contributed by atoms with Crippen molar-refractivity contribution >= 4 is 29.2 Å². The van der Waals surface area contributed by atoms with Gasteiger partial charge in [-0.15, -0.1) is 0 Å². The topological polar surface area (TPSA) is 80.4 Å². The van der Waals surface area contributed by atoms with E-state index in [2.05, 4.69) is 26.9 Å². The normalized spacial score (nSPS) is 13.6. The van der Waals surface area contributed by atoms with E-state index in [9.17, 15) is 14.0 Å². The number of carbonyl (C=O) groups excluding carboxylic acids is 2. The van der Waals surface area contributed by atoms with E-state index >= 15 is 0 Å². The molecule has 0 atom stereocenters. The van der Waals surface area contributed by atoms with Gasteiger partial charge in [0, 0.05) is 18.2 Å². The quantitative estimate of drug-likeness (QED) is 0.494. The molecule has 0 spiro atoms. The Hall–Kier alpha value is -3.53. The second-order valence-electron chi connectivity index (χ2n) is 5.69. The van der Waals surface area contributed by atoms with Crippen molar-refractivity contribution in [3.05, 3.63) is 47.0 Å². The van der Waals surface area contributed by atoms with Crippen LogP contribution in [0.25, 0.3) is 11.6 Å². The van der Waals surface area contributed by atoms with E-state index in [0.29, 0.717) is 22.7 Å². The molecule has 1 aromatic heterocycles. The number of esters is 1. The van der Waals surface area contributed by atoms with Crippen molar-refractivity contribution < 1.29 is 23.5 Å². The van der Waals surface area contributed by atoms with Crippen LogP contribution in [-0.2, 0) is 14.3 Å². The molecule has 0 aliphatic carbocycles. The molecular formula is C20H17FN2O4. The van der Waals surface area contributed by atoms with E-state index in [1.54, 1.807) is 18.3 Å². The fourth-order valence-electron chi connectivity index (χ4n) is 2.74. The number of anilines is 1. The molecule has 6 nitrogen and oxygen atoms in total. The van der Waals surface area contributed by atoms with Crippen LogP contribution in [0, 0.1) is 17.7 Å². The number of ether oxygens (including phenoxy) is 2. The van der Waals surface area contributed by atoms with E-state index in [1.165, 1.54) is 26.4 Å². The van der Waals surface area contributed by atoms with Crippen LogP contribution >= 0.6 is 0 Å². The molecule has 27 heavy (non-hydrogen) atoms. The number of amides is 1. The lowest BCUT2D eigenvalue weighted by atomic mass is 9.99. The molecule has 0 fully saturated rings. The minimum absolute atomic E-state index is 0.104. The summed E-state index contributed by atoms with van der Waals surface area (Å²) in [6.45, 7) is 0. The summed E-state index contributed by atoms with van der Waals surface area (Å²) < 4.78 is 24.2. The van der Waals surface area contributed by atoms with E-state index in [4.69, 9.17) is 4.74 Å². The van der Waals surface area contributed by atoms with Gasteiger partial charge in [0.15, 0.2) is 0 Å². The van der Waals surface area contributed by atoms with Gasteiger partial charge in [-0.05, 0) is 24.3 Å². The Kier molecular flexibility index (Phi) is 5.27. The summed E-state index contributed by atoms with van der Waals surface area (Å²) >= 11 is 0. The van der Waals surface area contributed by atoms with Gasteiger partial charge in [-0.25, -0.2) is 4.39 Å². The number of hydrogen-bond donors (Lipinski definition) is 2. The molecular weight excluding hydrogens is 351 g/mol. The first-order chi connectivity index (χ1) is 13.0. The molecule has 7 heteroatoms. The van der Waals surface area contributed by atoms with Crippen LogP contribution in [0.4, 0.5) is 10.1 Å². The van der Waals surface area contributed by atoms with E-state index in [1.807, 2.05) is 0 Å². The minimum Gasteiger partial charge on any atom is -0.495 e. The highest BCUT2D eigenvalue weighted by Gasteiger charge is 2.28. The second-order valence-corrected chi connectivity index (χ2v) is 5.69. The van der Waals surface area contributed by atoms with Crippen LogP contribution < -0.4 is 10.1 Å². The molecule has 3 rings (SSSR count). The number of fused-ring (bicyclic) bond motifs is 1. The van der Waals surface area contributed by atoms with Gasteiger partial charge in [0.2, 0.25) is 0 Å². The summed E-state index contributed by atoms with van der Waals surface area (Å²) in [4.78, 5) is 26.6. The lowest BCUT2D eigenvalue weighted by molar-refractivity contribution is -0.140. The predicted molar refractivity (Wildman–Crippen MR) is 98.4 cm³/mol. The number of hydrogen-bond acceptors (Lipinski definition) is 4. The van der Waals surface area contributed by atoms with Gasteiger partial charge in [0.1, 0.15) is 11.6 Å². The van der Waals surface area contributed by atoms with Gasteiger partial charge in [-0.1, -0.05) is 11.8 Å². The van der Waals surface area contributed by atoms with E-state index < -0.39 is 5.82 Å². The van der Waals surface area contributed by atoms with E-state index in [-0.39, 0.29) is 35.9 Å². The van der Waals surface area contributed by atoms with Crippen molar-refractivity contribution in [2.75, 3.05) is 19.5 Å². The average Bonchev–Trinajstić information content (AvgIpc) is 3.24. The zero-order valence-corrected chi connectivity index (χ0v) is 14.8. The number of nitrogens with one attached hydrogen (secondary N) is 2. The minimum atomic E-state index is -0.542. The van der Waals surface area contributed by atoms with Crippen molar-refractivity contribution in [3.8, 4) is 17.6 Å². The van der Waals surface area contributed by atoms with Crippen molar-refractivity contribution in [1.29, 1.82) is 0 Å². The molecule has 2 N–H and O–H groups in total. The highest BCUT2D eigenvalue weighted by atomic mass is 19.1. The first-order valence-corrected chi connectivity index (χ1v) is 8.18. The zero-order valence-electron chi connectivity index (χ0n) is 14.8. The summed E-state index contributed by atoms with van der Waals surface area (Å²) in [5.41, 5.74) is 1.84. The molecule has 0 bridgehead atoms. The third-order valence-electron chi connectivity index (χ3n) is 4.06. The standard InChI is InChI=1S/C20H17FN2O4/c1-26-17-9-10-22-16(17)11-13-19-12(5-3-4-6-18(24)27-2)14(21)7-8-15(19)23-20(13)25/h7-11,22H,4,6H2,1-2H3,(H,23,25)/b13-11-. The lowest BCUT2D eigenvalue weighted by Gasteiger charge is -2.04. The van der Waals surface area contributed by atoms with Crippen LogP contribution in [0.2, 0.25) is 0 Å². The monoisotopic (exact) mass is 368 g/mol. The first-order valence-electron chi connectivity index (χ1n) is 8.18. The summed E-state index contributed by atoms with van der Waals surface area (Å²) in [6, 6.07) is 4.47. The summed E-state index contributed by atoms with van der Waals surface area (Å²) in [7, 11) is 2.81. The summed E-state index contributed by atoms with van der Waals surface area (Å²) in [5, 5.41) is 2.71. The van der Waals surface area contributed by atoms with Crippen molar-refractivity contribution in [1.82, 2.24) is 4.98 Å². The molecule has 2 heterocycles. The highest BCUT2D eigenvalue weighted by Crippen LogP contribution is 2.37. The number of carbonyl (C=O) groups is 2. The van der Waals surface area contributed by atoms with Crippen LogP contribution in [0.15, 0.2) is 24.4 Å². The fourth-order valence-corrected chi connectivity index (χ4v) is 2.74. The van der Waals surface area contributed by atoms with Gasteiger partial charge in [0.25, 0.3) is 5.91 Å². The zero-order chi connectivity index (χ0) is 19.4. The largest absolute Gasteiger partial charge is 0.495 e. The van der Waals surface area contributed by atoms with Gasteiger partial charge >= 0.3 is 5.97 Å². The summed E-state index contributed by atoms with van der Waals surface area (Å²) in [5.74, 6) is 4.78. The lowest BCUT2D eigenvalue weighted by Crippen LogP contribution is -2.03. The second kappa shape index (κ2) is 7.79. The number of rotatable bonds is 4. The maximum absolute atomic E-state index is 14.4. The Labute approximate surface area is 155 Å². The van der Waals surface area contributed by atoms with Gasteiger partial charge in [0.05, 0.1) is 43.2 Å². The molecule has 0 saturated heterocycles. The van der Waals surface area contributed by atoms with E-state index in [0.717, 1.165) is 0 Å². The third kappa shape index (κ3) is 3.70. The fraction of sp³-hybridized carbons (Fsp3) is 0.200. The molecule has 2 aromatic rings. The molecule has 1 aromatic carbocycles. The van der Waals surface area contributed by atoms with Crippen molar-refractivity contribution in [2.45, 2.75) is 12.8 Å². The Morgan fingerprint density at radius 3 is 2.85 bits per heavy atom. The number of benzene rings is 1. The SMILES string of the molecule is COC(=O)CCC#Cc1c(F)ccc2c1/C(=C/c1[nH]ccc1OC)C(=O)N2. The highest BCUT2D eigenvalue weighted by molar-refractivity contribution is 6.35. The number of halogens is 1. The molecule has 1 aliphatic rings. The number of aromatic amines is 1. The van der Waals surface area contributed by atoms with Crippen molar-refractivity contribution in [3.63, 3.8) is 0 Å². The van der Waals surface area contributed by atoms with Gasteiger partial charge in [-0.3, -0.25) is 9.59 Å². The van der Waals surface area contributed by atoms with Crippen LogP contribution in [0.3, 0.4) is 0 Å². The van der Waals surface area contributed by atoms with Gasteiger partial charge < -0.3 is 19.8 Å². The third-order valence-corrected chi connectivity index (χ3v) is 4.06. The molecule has 138 valence electrons. The Balaban J connectivity index is 2.02. The van der Waals surface area contributed by atoms with Crippen LogP contribution in [0.5, 0.6) is 5.75 Å².